The number of phenolic OH excluding ortho intramolecular Hbond substituents is 1. The van der Waals surface area contributed by atoms with Gasteiger partial charge in [0.15, 0.2) is 13.9 Å². The van der Waals surface area contributed by atoms with Gasteiger partial charge in [-0.2, -0.15) is 0 Å². The number of anilines is 1. The second kappa shape index (κ2) is 17.1. The Morgan fingerprint density at radius 2 is 1.74 bits per heavy atom. The van der Waals surface area contributed by atoms with Crippen molar-refractivity contribution in [3.05, 3.63) is 129 Å². The molecule has 2 bridgehead atoms. The molecular weight excluding hydrogens is 787 g/mol. The highest BCUT2D eigenvalue weighted by atomic mass is 28.4. The Morgan fingerprint density at radius 1 is 0.984 bits per heavy atom. The van der Waals surface area contributed by atoms with Crippen LogP contribution in [0, 0.1) is 5.92 Å². The first-order chi connectivity index (χ1) is 29.2. The Morgan fingerprint density at radius 3 is 2.44 bits per heavy atom. The van der Waals surface area contributed by atoms with Crippen molar-refractivity contribution in [1.29, 1.82) is 0 Å². The third-order valence-electron chi connectivity index (χ3n) is 13.3. The van der Waals surface area contributed by atoms with E-state index in [0.717, 1.165) is 71.2 Å². The summed E-state index contributed by atoms with van der Waals surface area (Å²) < 4.78 is 14.4. The maximum Gasteiger partial charge on any atom is 0.419 e. The number of piperidine rings is 3. The van der Waals surface area contributed by atoms with Gasteiger partial charge >= 0.3 is 11.8 Å². The molecule has 3 saturated heterocycles. The van der Waals surface area contributed by atoms with Gasteiger partial charge in [0.2, 0.25) is 5.56 Å². The normalized spacial score (nSPS) is 18.5. The van der Waals surface area contributed by atoms with Crippen molar-refractivity contribution in [3.8, 4) is 16.9 Å². The molecule has 3 aliphatic heterocycles. The number of oxazole rings is 1. The Balaban J connectivity index is 0.975. The number of phenols is 1. The molecule has 13 heteroatoms. The quantitative estimate of drug-likeness (QED) is 0.0788. The van der Waals surface area contributed by atoms with E-state index in [1.807, 2.05) is 66.7 Å². The Bertz CT molecular complexity index is 2660. The number of rotatable bonds is 14. The number of amides is 1. The Kier molecular flexibility index (Phi) is 11.9. The Labute approximate surface area is 356 Å². The molecular formula is C48H57N5O7Si. The monoisotopic (exact) mass is 843 g/mol. The average molecular weight is 844 g/mol. The molecule has 0 saturated carbocycles. The first-order valence-electron chi connectivity index (χ1n) is 21.5. The lowest BCUT2D eigenvalue weighted by Crippen LogP contribution is -2.59. The van der Waals surface area contributed by atoms with Crippen LogP contribution in [-0.4, -0.2) is 71.3 Å². The molecule has 0 radical (unpaired) electrons. The van der Waals surface area contributed by atoms with Crippen LogP contribution < -0.4 is 21.5 Å². The standard InChI is InChI=1S/C48H57N5O7Si/c1-48(2,3)61(4,5)60-43(36-16-19-41(54)45-37(36)17-20-44(55)50-45)29-49-28-32-14-18-38-42(27-32)59-47(58)52(38)23-9-10-31-13-15-35(33-11-7-6-8-12-33)39(26-31)53(46(56)57)40-30-51-24-21-34(40)22-25-51/h6-8,11-20,26-27,34,40,43,49,54H,9-10,21-25,28-30H2,1-5H3,(H,50,55)(H,56,57)/t40-,43+/m0/s1. The first kappa shape index (κ1) is 42.2. The number of aromatic nitrogens is 2. The molecule has 4 N–H and O–H groups in total. The summed E-state index contributed by atoms with van der Waals surface area (Å²) in [6.45, 7) is 15.2. The number of aryl methyl sites for hydroxylation is 2. The number of nitrogens with one attached hydrogen (secondary N) is 2. The number of aromatic hydroxyl groups is 1. The number of aromatic amines is 1. The van der Waals surface area contributed by atoms with E-state index in [-0.39, 0.29) is 28.5 Å². The molecule has 2 aromatic heterocycles. The van der Waals surface area contributed by atoms with E-state index in [4.69, 9.17) is 8.84 Å². The summed E-state index contributed by atoms with van der Waals surface area (Å²) in [4.78, 5) is 45.2. The number of carbonyl (C=O) groups is 1. The topological polar surface area (TPSA) is 153 Å². The summed E-state index contributed by atoms with van der Waals surface area (Å²) in [7, 11) is -2.26. The molecule has 3 fully saturated rings. The molecule has 61 heavy (non-hydrogen) atoms. The summed E-state index contributed by atoms with van der Waals surface area (Å²) in [5.41, 5.74) is 6.74. The van der Waals surface area contributed by atoms with Gasteiger partial charge in [-0.05, 0) is 115 Å². The predicted molar refractivity (Wildman–Crippen MR) is 243 cm³/mol. The maximum atomic E-state index is 13.2. The summed E-state index contributed by atoms with van der Waals surface area (Å²) in [6, 6.07) is 28.5. The van der Waals surface area contributed by atoms with E-state index in [9.17, 15) is 24.6 Å². The molecule has 9 rings (SSSR count). The molecule has 0 aliphatic carbocycles. The van der Waals surface area contributed by atoms with Gasteiger partial charge in [-0.1, -0.05) is 75.4 Å². The zero-order valence-electron chi connectivity index (χ0n) is 35.7. The molecule has 6 aromatic rings. The lowest BCUT2D eigenvalue weighted by Gasteiger charge is -2.48. The number of pyridine rings is 1. The van der Waals surface area contributed by atoms with Gasteiger partial charge < -0.3 is 34.3 Å². The minimum Gasteiger partial charge on any atom is -0.506 e. The molecule has 0 unspecified atom stereocenters. The third kappa shape index (κ3) is 8.83. The highest BCUT2D eigenvalue weighted by Gasteiger charge is 2.41. The van der Waals surface area contributed by atoms with Crippen molar-refractivity contribution in [2.75, 3.05) is 31.1 Å². The average Bonchev–Trinajstić information content (AvgIpc) is 3.54. The largest absolute Gasteiger partial charge is 0.506 e. The summed E-state index contributed by atoms with van der Waals surface area (Å²) in [6.07, 6.45) is 2.04. The number of carboxylic acid groups (broad SMARTS) is 1. The van der Waals surface area contributed by atoms with Crippen LogP contribution in [0.1, 0.15) is 62.8 Å². The van der Waals surface area contributed by atoms with Crippen LogP contribution in [0.5, 0.6) is 5.75 Å². The lowest BCUT2D eigenvalue weighted by atomic mass is 9.82. The first-order valence-corrected chi connectivity index (χ1v) is 24.4. The highest BCUT2D eigenvalue weighted by molar-refractivity contribution is 6.74. The van der Waals surface area contributed by atoms with Crippen molar-refractivity contribution in [2.24, 2.45) is 5.92 Å². The van der Waals surface area contributed by atoms with Gasteiger partial charge in [-0.15, -0.1) is 0 Å². The van der Waals surface area contributed by atoms with E-state index >= 15 is 0 Å². The molecule has 2 atom stereocenters. The Hall–Kier alpha value is -5.47. The molecule has 12 nitrogen and oxygen atoms in total. The van der Waals surface area contributed by atoms with Crippen LogP contribution in [0.2, 0.25) is 18.1 Å². The van der Waals surface area contributed by atoms with E-state index < -0.39 is 20.2 Å². The fraction of sp³-hybridized carbons (Fsp3) is 0.396. The van der Waals surface area contributed by atoms with Gasteiger partial charge in [0.05, 0.1) is 28.9 Å². The van der Waals surface area contributed by atoms with Gasteiger partial charge in [-0.3, -0.25) is 14.3 Å². The molecule has 320 valence electrons. The molecule has 1 amide bonds. The zero-order chi connectivity index (χ0) is 43.1. The minimum absolute atomic E-state index is 0.00536. The fourth-order valence-corrected chi connectivity index (χ4v) is 10.2. The molecule has 4 aromatic carbocycles. The second-order valence-electron chi connectivity index (χ2n) is 18.3. The van der Waals surface area contributed by atoms with Crippen LogP contribution in [0.4, 0.5) is 10.5 Å². The van der Waals surface area contributed by atoms with Gasteiger partial charge in [0, 0.05) is 43.2 Å². The minimum atomic E-state index is -2.26. The van der Waals surface area contributed by atoms with Crippen LogP contribution in [0.3, 0.4) is 0 Å². The van der Waals surface area contributed by atoms with Crippen LogP contribution in [0.15, 0.2) is 105 Å². The molecule has 0 spiro atoms. The van der Waals surface area contributed by atoms with Gasteiger partial charge in [0.25, 0.3) is 0 Å². The third-order valence-corrected chi connectivity index (χ3v) is 17.8. The number of hydrogen-bond donors (Lipinski definition) is 4. The number of H-pyrrole nitrogens is 1. The maximum absolute atomic E-state index is 13.2. The van der Waals surface area contributed by atoms with E-state index in [1.165, 1.54) is 6.07 Å². The molecule has 3 aliphatic rings. The summed E-state index contributed by atoms with van der Waals surface area (Å²) >= 11 is 0. The number of nitrogens with zero attached hydrogens (tertiary/aromatic N) is 3. The SMILES string of the molecule is CC(C)(C)[Si](C)(C)O[C@H](CNCc1ccc2c(c1)oc(=O)n2CCCc1ccc(-c2ccccc2)c(N(C(=O)O)[C@H]2CN3CCC2CC3)c1)c1ccc(O)c2[nH]c(=O)ccc12. The highest BCUT2D eigenvalue weighted by Crippen LogP contribution is 2.42. The predicted octanol–water partition coefficient (Wildman–Crippen LogP) is 8.87. The van der Waals surface area contributed by atoms with Crippen molar-refractivity contribution in [2.45, 2.75) is 89.8 Å². The van der Waals surface area contributed by atoms with Gasteiger partial charge in [0.1, 0.15) is 5.75 Å². The van der Waals surface area contributed by atoms with Crippen LogP contribution in [0.25, 0.3) is 33.1 Å². The smallest absolute Gasteiger partial charge is 0.419 e. The van der Waals surface area contributed by atoms with Gasteiger partial charge in [-0.25, -0.2) is 9.59 Å². The van der Waals surface area contributed by atoms with E-state index in [0.29, 0.717) is 55.2 Å². The second-order valence-corrected chi connectivity index (χ2v) is 23.0. The number of benzene rings is 4. The van der Waals surface area contributed by atoms with Crippen molar-refractivity contribution < 1.29 is 23.9 Å². The van der Waals surface area contributed by atoms with Crippen molar-refractivity contribution in [3.63, 3.8) is 0 Å². The van der Waals surface area contributed by atoms with Crippen LogP contribution >= 0.6 is 0 Å². The fourth-order valence-electron chi connectivity index (χ4n) is 8.95. The van der Waals surface area contributed by atoms with E-state index in [2.05, 4.69) is 55.1 Å². The van der Waals surface area contributed by atoms with Crippen LogP contribution in [-0.2, 0) is 23.9 Å². The number of fused-ring (bicyclic) bond motifs is 5. The van der Waals surface area contributed by atoms with Crippen molar-refractivity contribution >= 4 is 42.1 Å². The van der Waals surface area contributed by atoms with E-state index in [1.54, 1.807) is 21.6 Å². The summed E-state index contributed by atoms with van der Waals surface area (Å²) in [5, 5.41) is 25.5. The van der Waals surface area contributed by atoms with Crippen molar-refractivity contribution in [1.82, 2.24) is 19.8 Å². The summed E-state index contributed by atoms with van der Waals surface area (Å²) in [5.74, 6) is -0.0742. The lowest BCUT2D eigenvalue weighted by molar-refractivity contribution is 0.0837. The zero-order valence-corrected chi connectivity index (χ0v) is 36.7. The number of hydrogen-bond acceptors (Lipinski definition) is 8. The molecule has 5 heterocycles.